The largest absolute Gasteiger partial charge is 0.549 e. The summed E-state index contributed by atoms with van der Waals surface area (Å²) in [5.41, 5.74) is -0.260. The number of thioether (sulfide) groups is 1. The molecule has 0 saturated heterocycles. The van der Waals surface area contributed by atoms with Crippen LogP contribution in [0.4, 0.5) is 5.69 Å². The predicted molar refractivity (Wildman–Crippen MR) is 57.8 cm³/mol. The summed E-state index contributed by atoms with van der Waals surface area (Å²) in [5.74, 6) is -1.13. The molecule has 1 aromatic heterocycles. The van der Waals surface area contributed by atoms with Crippen molar-refractivity contribution >= 4 is 23.4 Å². The molecular weight excluding hydrogens is 248 g/mol. The Kier molecular flexibility index (Phi) is 4.27. The number of carboxylic acids is 1. The molecule has 0 aromatic carbocycles. The number of rotatable bonds is 5. The zero-order valence-corrected chi connectivity index (χ0v) is 9.89. The summed E-state index contributed by atoms with van der Waals surface area (Å²) in [7, 11) is 1.37. The summed E-state index contributed by atoms with van der Waals surface area (Å²) in [4.78, 5) is 24.5. The van der Waals surface area contributed by atoms with E-state index in [1.807, 2.05) is 0 Å². The molecule has 1 rings (SSSR count). The number of aromatic nitrogens is 1. The van der Waals surface area contributed by atoms with Gasteiger partial charge in [0.25, 0.3) is 0 Å². The third kappa shape index (κ3) is 3.31. The van der Waals surface area contributed by atoms with Gasteiger partial charge in [0.2, 0.25) is 5.88 Å². The van der Waals surface area contributed by atoms with Crippen LogP contribution >= 0.6 is 11.8 Å². The minimum absolute atomic E-state index is 0.00829. The topological polar surface area (TPSA) is 105 Å². The van der Waals surface area contributed by atoms with Crippen LogP contribution in [0.2, 0.25) is 0 Å². The molecule has 0 fully saturated rings. The molecule has 0 radical (unpaired) electrons. The summed E-state index contributed by atoms with van der Waals surface area (Å²) < 4.78 is 4.82. The van der Waals surface area contributed by atoms with Crippen molar-refractivity contribution in [3.63, 3.8) is 0 Å². The number of hydrogen-bond donors (Lipinski definition) is 0. The number of ether oxygens (including phenoxy) is 1. The van der Waals surface area contributed by atoms with Crippen molar-refractivity contribution in [3.05, 3.63) is 22.2 Å². The van der Waals surface area contributed by atoms with Crippen LogP contribution in [0.5, 0.6) is 5.88 Å². The van der Waals surface area contributed by atoms with Crippen molar-refractivity contribution in [2.45, 2.75) is 17.2 Å². The van der Waals surface area contributed by atoms with Gasteiger partial charge in [-0.1, -0.05) is 11.8 Å². The van der Waals surface area contributed by atoms with E-state index in [9.17, 15) is 20.0 Å². The van der Waals surface area contributed by atoms with Crippen LogP contribution in [0.15, 0.2) is 17.2 Å². The van der Waals surface area contributed by atoms with Crippen molar-refractivity contribution in [1.29, 1.82) is 0 Å². The third-order valence-corrected chi connectivity index (χ3v) is 2.91. The molecule has 0 amide bonds. The van der Waals surface area contributed by atoms with E-state index in [1.165, 1.54) is 26.2 Å². The highest BCUT2D eigenvalue weighted by molar-refractivity contribution is 8.00. The molecule has 0 saturated carbocycles. The minimum atomic E-state index is -1.31. The Morgan fingerprint density at radius 2 is 2.24 bits per heavy atom. The maximum atomic E-state index is 10.7. The van der Waals surface area contributed by atoms with Crippen LogP contribution in [-0.2, 0) is 4.79 Å². The lowest BCUT2D eigenvalue weighted by molar-refractivity contribution is -0.388. The van der Waals surface area contributed by atoms with Crippen LogP contribution in [0.25, 0.3) is 0 Å². The fourth-order valence-corrected chi connectivity index (χ4v) is 1.81. The van der Waals surface area contributed by atoms with Gasteiger partial charge in [-0.15, -0.1) is 0 Å². The molecule has 1 heterocycles. The van der Waals surface area contributed by atoms with E-state index in [0.29, 0.717) is 0 Å². The van der Waals surface area contributed by atoms with E-state index >= 15 is 0 Å². The Labute approximate surface area is 101 Å². The number of aliphatic carboxylic acids is 1. The van der Waals surface area contributed by atoms with Gasteiger partial charge in [0.15, 0.2) is 5.03 Å². The van der Waals surface area contributed by atoms with Gasteiger partial charge in [0, 0.05) is 17.4 Å². The molecule has 17 heavy (non-hydrogen) atoms. The first kappa shape index (κ1) is 13.2. The first-order valence-corrected chi connectivity index (χ1v) is 5.40. The van der Waals surface area contributed by atoms with Gasteiger partial charge in [-0.05, 0) is 6.92 Å². The molecule has 0 spiro atoms. The molecule has 1 atom stereocenters. The van der Waals surface area contributed by atoms with Crippen molar-refractivity contribution in [3.8, 4) is 5.88 Å². The van der Waals surface area contributed by atoms with E-state index in [-0.39, 0.29) is 16.6 Å². The second-order valence-electron chi connectivity index (χ2n) is 3.01. The Hall–Kier alpha value is -1.83. The average molecular weight is 257 g/mol. The van der Waals surface area contributed by atoms with E-state index in [0.717, 1.165) is 11.8 Å². The Morgan fingerprint density at radius 3 is 2.71 bits per heavy atom. The molecule has 0 unspecified atom stereocenters. The highest BCUT2D eigenvalue weighted by atomic mass is 32.2. The third-order valence-electron chi connectivity index (χ3n) is 1.84. The fraction of sp³-hybridized carbons (Fsp3) is 0.333. The number of nitrogens with zero attached hydrogens (tertiary/aromatic N) is 2. The number of carboxylic acid groups (broad SMARTS) is 1. The lowest BCUT2D eigenvalue weighted by atomic mass is 10.4. The molecule has 7 nitrogen and oxygen atoms in total. The van der Waals surface area contributed by atoms with Crippen LogP contribution in [0.1, 0.15) is 6.92 Å². The molecule has 1 aromatic rings. The molecule has 0 aliphatic carbocycles. The van der Waals surface area contributed by atoms with Crippen LogP contribution < -0.4 is 9.84 Å². The average Bonchev–Trinajstić information content (AvgIpc) is 2.28. The highest BCUT2D eigenvalue weighted by Crippen LogP contribution is 2.31. The van der Waals surface area contributed by atoms with Crippen molar-refractivity contribution in [1.82, 2.24) is 4.98 Å². The smallest absolute Gasteiger partial charge is 0.301 e. The monoisotopic (exact) mass is 257 g/mol. The van der Waals surface area contributed by atoms with Gasteiger partial charge in [0.05, 0.1) is 18.0 Å². The van der Waals surface area contributed by atoms with E-state index < -0.39 is 16.1 Å². The lowest BCUT2D eigenvalue weighted by Gasteiger charge is -2.11. The lowest BCUT2D eigenvalue weighted by Crippen LogP contribution is -2.31. The van der Waals surface area contributed by atoms with Gasteiger partial charge in [-0.25, -0.2) is 0 Å². The van der Waals surface area contributed by atoms with Gasteiger partial charge in [-0.2, -0.15) is 4.98 Å². The Balaban J connectivity index is 3.09. The number of hydrogen-bond acceptors (Lipinski definition) is 7. The molecule has 0 aliphatic heterocycles. The maximum Gasteiger partial charge on any atom is 0.301 e. The van der Waals surface area contributed by atoms with Crippen molar-refractivity contribution in [2.24, 2.45) is 0 Å². The minimum Gasteiger partial charge on any atom is -0.549 e. The SMILES string of the molecule is COc1ccc([N+](=O)[O-])c(S[C@@H](C)C(=O)[O-])n1. The quantitative estimate of drug-likeness (QED) is 0.422. The summed E-state index contributed by atoms with van der Waals surface area (Å²) in [6, 6.07) is 2.56. The zero-order valence-electron chi connectivity index (χ0n) is 9.08. The molecule has 8 heteroatoms. The first-order chi connectivity index (χ1) is 7.95. The number of pyridine rings is 1. The number of carbonyl (C=O) groups excluding carboxylic acids is 1. The summed E-state index contributed by atoms with van der Waals surface area (Å²) in [6.45, 7) is 1.37. The van der Waals surface area contributed by atoms with E-state index in [1.54, 1.807) is 0 Å². The fourth-order valence-electron chi connectivity index (χ4n) is 0.971. The van der Waals surface area contributed by atoms with Crippen LogP contribution in [-0.4, -0.2) is 28.2 Å². The van der Waals surface area contributed by atoms with Crippen molar-refractivity contribution < 1.29 is 19.6 Å². The van der Waals surface area contributed by atoms with E-state index in [4.69, 9.17) is 4.74 Å². The van der Waals surface area contributed by atoms with E-state index in [2.05, 4.69) is 4.98 Å². The number of carbonyl (C=O) groups is 1. The standard InChI is InChI=1S/C9H10N2O5S/c1-5(9(12)13)17-8-6(11(14)15)3-4-7(10-8)16-2/h3-5H,1-2H3,(H,12,13)/p-1/t5-/m0/s1. The first-order valence-electron chi connectivity index (χ1n) is 4.52. The molecule has 0 N–H and O–H groups in total. The summed E-state index contributed by atoms with van der Waals surface area (Å²) in [5, 5.41) is 20.4. The Bertz CT molecular complexity index is 451. The second-order valence-corrected chi connectivity index (χ2v) is 4.34. The normalized spacial score (nSPS) is 11.9. The molecular formula is C9H9N2O5S-. The Morgan fingerprint density at radius 1 is 1.59 bits per heavy atom. The van der Waals surface area contributed by atoms with Gasteiger partial charge < -0.3 is 14.6 Å². The maximum absolute atomic E-state index is 10.7. The number of nitro groups is 1. The van der Waals surface area contributed by atoms with Crippen LogP contribution in [0, 0.1) is 10.1 Å². The van der Waals surface area contributed by atoms with Crippen molar-refractivity contribution in [2.75, 3.05) is 7.11 Å². The van der Waals surface area contributed by atoms with Crippen LogP contribution in [0.3, 0.4) is 0 Å². The number of methoxy groups -OCH3 is 1. The summed E-state index contributed by atoms with van der Waals surface area (Å²) >= 11 is 0.741. The second kappa shape index (κ2) is 5.48. The van der Waals surface area contributed by atoms with Gasteiger partial charge in [-0.3, -0.25) is 10.1 Å². The summed E-state index contributed by atoms with van der Waals surface area (Å²) in [6.07, 6.45) is 0. The molecule has 0 aliphatic rings. The highest BCUT2D eigenvalue weighted by Gasteiger charge is 2.19. The zero-order chi connectivity index (χ0) is 13.0. The molecule has 0 bridgehead atoms. The van der Waals surface area contributed by atoms with Gasteiger partial charge >= 0.3 is 5.69 Å². The van der Waals surface area contributed by atoms with Gasteiger partial charge in [0.1, 0.15) is 0 Å². The molecule has 92 valence electrons. The predicted octanol–water partition coefficient (Wildman–Crippen LogP) is 0.229.